The van der Waals surface area contributed by atoms with Crippen molar-refractivity contribution >= 4 is 22.0 Å². The topological polar surface area (TPSA) is 108 Å². The van der Waals surface area contributed by atoms with Crippen LogP contribution in [0.4, 0.5) is 4.79 Å². The van der Waals surface area contributed by atoms with E-state index in [1.165, 1.54) is 0 Å². The zero-order chi connectivity index (χ0) is 22.3. The van der Waals surface area contributed by atoms with Crippen molar-refractivity contribution in [2.75, 3.05) is 26.2 Å². The molecule has 9 heteroatoms. The van der Waals surface area contributed by atoms with Crippen LogP contribution in [0.3, 0.4) is 0 Å². The highest BCUT2D eigenvalue weighted by atomic mass is 32.2. The van der Waals surface area contributed by atoms with Crippen molar-refractivity contribution in [1.82, 2.24) is 20.3 Å². The molecule has 1 saturated heterocycles. The van der Waals surface area contributed by atoms with Gasteiger partial charge in [0, 0.05) is 19.6 Å². The van der Waals surface area contributed by atoms with Crippen LogP contribution < -0.4 is 15.4 Å². The minimum Gasteiger partial charge on any atom is -0.338 e. The Kier molecular flexibility index (Phi) is 8.81. The molecule has 1 aromatic carbocycles. The van der Waals surface area contributed by atoms with Crippen molar-refractivity contribution in [2.45, 2.75) is 51.5 Å². The lowest BCUT2D eigenvalue weighted by Gasteiger charge is -2.36. The molecule has 0 bridgehead atoms. The van der Waals surface area contributed by atoms with Gasteiger partial charge in [-0.3, -0.25) is 15.0 Å². The maximum absolute atomic E-state index is 12.5. The number of likely N-dealkylation sites (tertiary alicyclic amines) is 1. The van der Waals surface area contributed by atoms with Gasteiger partial charge in [0.05, 0.1) is 10.9 Å². The fourth-order valence-corrected chi connectivity index (χ4v) is 4.48. The van der Waals surface area contributed by atoms with E-state index in [-0.39, 0.29) is 16.7 Å². The highest BCUT2D eigenvalue weighted by molar-refractivity contribution is 7.89. The van der Waals surface area contributed by atoms with Crippen LogP contribution in [0.1, 0.15) is 39.2 Å². The van der Waals surface area contributed by atoms with E-state index >= 15 is 0 Å². The second-order valence-corrected chi connectivity index (χ2v) is 10.2. The molecule has 2 unspecified atom stereocenters. The van der Waals surface area contributed by atoms with E-state index in [1.54, 1.807) is 31.2 Å². The first-order chi connectivity index (χ1) is 14.1. The minimum atomic E-state index is -3.56. The van der Waals surface area contributed by atoms with Crippen molar-refractivity contribution < 1.29 is 18.0 Å². The number of piperidine rings is 1. The molecule has 0 aromatic heterocycles. The fourth-order valence-electron chi connectivity index (χ4n) is 3.37. The van der Waals surface area contributed by atoms with E-state index in [4.69, 9.17) is 0 Å². The second kappa shape index (κ2) is 10.9. The monoisotopic (exact) mass is 438 g/mol. The molecule has 2 atom stereocenters. The maximum atomic E-state index is 12.5. The van der Waals surface area contributed by atoms with Crippen LogP contribution in [0.5, 0.6) is 0 Å². The van der Waals surface area contributed by atoms with Crippen LogP contribution in [0.2, 0.25) is 0 Å². The highest BCUT2D eigenvalue weighted by Gasteiger charge is 2.29. The average Bonchev–Trinajstić information content (AvgIpc) is 2.70. The first-order valence-electron chi connectivity index (χ1n) is 10.5. The van der Waals surface area contributed by atoms with E-state index in [0.717, 1.165) is 24.9 Å². The van der Waals surface area contributed by atoms with Crippen LogP contribution in [0, 0.1) is 18.8 Å². The molecule has 1 fully saturated rings. The Hall–Kier alpha value is -1.97. The minimum absolute atomic E-state index is 0.101. The number of amides is 3. The summed E-state index contributed by atoms with van der Waals surface area (Å²) in [6.07, 6.45) is 1.75. The number of imide groups is 1. The van der Waals surface area contributed by atoms with Crippen molar-refractivity contribution in [1.29, 1.82) is 0 Å². The lowest BCUT2D eigenvalue weighted by Crippen LogP contribution is -2.53. The van der Waals surface area contributed by atoms with Crippen molar-refractivity contribution in [2.24, 2.45) is 11.8 Å². The predicted octanol–water partition coefficient (Wildman–Crippen LogP) is 1.86. The van der Waals surface area contributed by atoms with Crippen molar-refractivity contribution in [3.05, 3.63) is 29.8 Å². The van der Waals surface area contributed by atoms with E-state index in [1.807, 2.05) is 25.7 Å². The molecular weight excluding hydrogens is 404 g/mol. The summed E-state index contributed by atoms with van der Waals surface area (Å²) in [6.45, 7) is 9.78. The van der Waals surface area contributed by atoms with Gasteiger partial charge in [-0.25, -0.2) is 17.9 Å². The quantitative estimate of drug-likeness (QED) is 0.574. The smallest absolute Gasteiger partial charge is 0.321 e. The Morgan fingerprint density at radius 3 is 2.47 bits per heavy atom. The van der Waals surface area contributed by atoms with Gasteiger partial charge in [0.25, 0.3) is 0 Å². The van der Waals surface area contributed by atoms with Crippen LogP contribution >= 0.6 is 0 Å². The SMILES string of the molecule is Cc1ccc(S(=O)(=O)NCC2CCCN(C(C)C(=O)NC(=O)NCC(C)C)C2)cc1. The summed E-state index contributed by atoms with van der Waals surface area (Å²) in [4.78, 5) is 26.5. The van der Waals surface area contributed by atoms with Gasteiger partial charge in [0.2, 0.25) is 15.9 Å². The molecule has 0 aliphatic carbocycles. The molecule has 0 saturated carbocycles. The molecule has 30 heavy (non-hydrogen) atoms. The number of carbonyl (C=O) groups excluding carboxylic acids is 2. The standard InChI is InChI=1S/C21H34N4O4S/c1-15(2)12-22-21(27)24-20(26)17(4)25-11-5-6-18(14-25)13-23-30(28,29)19-9-7-16(3)8-10-19/h7-10,15,17-18,23H,5-6,11-14H2,1-4H3,(H2,22,24,26,27). The summed E-state index contributed by atoms with van der Waals surface area (Å²) < 4.78 is 27.7. The average molecular weight is 439 g/mol. The number of hydrogen-bond acceptors (Lipinski definition) is 5. The molecule has 8 nitrogen and oxygen atoms in total. The lowest BCUT2D eigenvalue weighted by molar-refractivity contribution is -0.125. The lowest BCUT2D eigenvalue weighted by atomic mass is 9.97. The van der Waals surface area contributed by atoms with Gasteiger partial charge >= 0.3 is 6.03 Å². The van der Waals surface area contributed by atoms with Gasteiger partial charge in [-0.2, -0.15) is 0 Å². The van der Waals surface area contributed by atoms with E-state index in [9.17, 15) is 18.0 Å². The van der Waals surface area contributed by atoms with Crippen LogP contribution in [-0.4, -0.2) is 57.5 Å². The Bertz CT molecular complexity index is 824. The molecule has 2 rings (SSSR count). The summed E-state index contributed by atoms with van der Waals surface area (Å²) >= 11 is 0. The highest BCUT2D eigenvalue weighted by Crippen LogP contribution is 2.19. The molecule has 1 aliphatic rings. The van der Waals surface area contributed by atoms with Gasteiger partial charge in [-0.1, -0.05) is 31.5 Å². The normalized spacial score (nSPS) is 18.8. The molecule has 1 heterocycles. The van der Waals surface area contributed by atoms with Gasteiger partial charge in [0.15, 0.2) is 0 Å². The number of nitrogens with one attached hydrogen (secondary N) is 3. The number of urea groups is 1. The second-order valence-electron chi connectivity index (χ2n) is 8.44. The van der Waals surface area contributed by atoms with E-state index < -0.39 is 22.1 Å². The van der Waals surface area contributed by atoms with Crippen LogP contribution in [-0.2, 0) is 14.8 Å². The summed E-state index contributed by atoms with van der Waals surface area (Å²) in [5.41, 5.74) is 1.00. The maximum Gasteiger partial charge on any atom is 0.321 e. The van der Waals surface area contributed by atoms with Gasteiger partial charge in [-0.15, -0.1) is 0 Å². The first kappa shape index (κ1) is 24.3. The predicted molar refractivity (Wildman–Crippen MR) is 117 cm³/mol. The van der Waals surface area contributed by atoms with E-state index in [2.05, 4.69) is 15.4 Å². The van der Waals surface area contributed by atoms with Gasteiger partial charge in [-0.05, 0) is 57.2 Å². The summed E-state index contributed by atoms with van der Waals surface area (Å²) in [6, 6.07) is 5.79. The molecule has 0 spiro atoms. The first-order valence-corrected chi connectivity index (χ1v) is 12.0. The van der Waals surface area contributed by atoms with Crippen molar-refractivity contribution in [3.63, 3.8) is 0 Å². The van der Waals surface area contributed by atoms with E-state index in [0.29, 0.717) is 25.6 Å². The number of benzene rings is 1. The van der Waals surface area contributed by atoms with Crippen LogP contribution in [0.25, 0.3) is 0 Å². The largest absolute Gasteiger partial charge is 0.338 e. The third-order valence-electron chi connectivity index (χ3n) is 5.28. The number of sulfonamides is 1. The summed E-state index contributed by atoms with van der Waals surface area (Å²) in [5, 5.41) is 5.06. The summed E-state index contributed by atoms with van der Waals surface area (Å²) in [7, 11) is -3.56. The Morgan fingerprint density at radius 2 is 1.83 bits per heavy atom. The molecule has 3 amide bonds. The number of nitrogens with zero attached hydrogens (tertiary/aromatic N) is 1. The fraction of sp³-hybridized carbons (Fsp3) is 0.619. The molecule has 0 radical (unpaired) electrons. The molecule has 1 aliphatic heterocycles. The number of aryl methyl sites for hydroxylation is 1. The Labute approximate surface area is 179 Å². The third-order valence-corrected chi connectivity index (χ3v) is 6.72. The Balaban J connectivity index is 1.86. The molecule has 1 aromatic rings. The third kappa shape index (κ3) is 7.37. The van der Waals surface area contributed by atoms with Crippen LogP contribution in [0.15, 0.2) is 29.2 Å². The zero-order valence-electron chi connectivity index (χ0n) is 18.3. The summed E-state index contributed by atoms with van der Waals surface area (Å²) in [5.74, 6) is 0.0518. The van der Waals surface area contributed by atoms with Crippen molar-refractivity contribution in [3.8, 4) is 0 Å². The van der Waals surface area contributed by atoms with Gasteiger partial charge < -0.3 is 5.32 Å². The number of rotatable bonds is 8. The number of carbonyl (C=O) groups is 2. The molecular formula is C21H34N4O4S. The molecule has 3 N–H and O–H groups in total. The molecule has 168 valence electrons. The Morgan fingerprint density at radius 1 is 1.17 bits per heavy atom. The van der Waals surface area contributed by atoms with Gasteiger partial charge in [0.1, 0.15) is 0 Å². The zero-order valence-corrected chi connectivity index (χ0v) is 19.1. The number of hydrogen-bond donors (Lipinski definition) is 3.